The number of anilines is 1. The van der Waals surface area contributed by atoms with Crippen LogP contribution in [0.15, 0.2) is 46.9 Å². The average Bonchev–Trinajstić information content (AvgIpc) is 2.66. The van der Waals surface area contributed by atoms with Crippen LogP contribution in [0.1, 0.15) is 52.0 Å². The Hall–Kier alpha value is -2.01. The molecule has 2 aromatic rings. The monoisotopic (exact) mass is 447 g/mol. The van der Waals surface area contributed by atoms with Crippen molar-refractivity contribution in [2.75, 3.05) is 18.5 Å². The predicted molar refractivity (Wildman–Crippen MR) is 118 cm³/mol. The van der Waals surface area contributed by atoms with Gasteiger partial charge < -0.3 is 14.8 Å². The summed E-state index contributed by atoms with van der Waals surface area (Å²) in [6, 6.07) is 13.4. The molecule has 0 aliphatic carbocycles. The van der Waals surface area contributed by atoms with E-state index in [4.69, 9.17) is 9.47 Å². The van der Waals surface area contributed by atoms with E-state index in [9.17, 15) is 4.79 Å². The quantitative estimate of drug-likeness (QED) is 0.457. The molecule has 0 heterocycles. The molecule has 0 aliphatic heterocycles. The van der Waals surface area contributed by atoms with E-state index in [1.54, 1.807) is 0 Å². The van der Waals surface area contributed by atoms with Crippen LogP contribution in [0.3, 0.4) is 0 Å². The van der Waals surface area contributed by atoms with E-state index in [2.05, 4.69) is 55.0 Å². The van der Waals surface area contributed by atoms with Crippen molar-refractivity contribution in [3.8, 4) is 11.5 Å². The molecule has 0 aliphatic rings. The number of amides is 1. The number of ether oxygens (including phenoxy) is 2. The van der Waals surface area contributed by atoms with Crippen molar-refractivity contribution in [1.82, 2.24) is 0 Å². The maximum Gasteiger partial charge on any atom is 0.262 e. The summed E-state index contributed by atoms with van der Waals surface area (Å²) in [7, 11) is 0. The molecule has 28 heavy (non-hydrogen) atoms. The molecule has 5 heteroatoms. The van der Waals surface area contributed by atoms with E-state index in [0.717, 1.165) is 23.1 Å². The number of carbonyl (C=O) groups excluding carboxylic acids is 1. The highest BCUT2D eigenvalue weighted by molar-refractivity contribution is 9.10. The number of benzene rings is 2. The van der Waals surface area contributed by atoms with Crippen LogP contribution < -0.4 is 14.8 Å². The fourth-order valence-corrected chi connectivity index (χ4v) is 3.10. The van der Waals surface area contributed by atoms with Gasteiger partial charge in [-0.3, -0.25) is 4.79 Å². The molecule has 0 aromatic heterocycles. The van der Waals surface area contributed by atoms with Crippen LogP contribution in [-0.4, -0.2) is 19.1 Å². The first kappa shape index (κ1) is 22.3. The second kappa shape index (κ2) is 11.1. The third-order valence-electron chi connectivity index (χ3n) is 4.58. The number of rotatable bonds is 10. The van der Waals surface area contributed by atoms with Gasteiger partial charge in [0.2, 0.25) is 0 Å². The van der Waals surface area contributed by atoms with E-state index in [1.807, 2.05) is 36.4 Å². The molecule has 0 radical (unpaired) electrons. The van der Waals surface area contributed by atoms with Gasteiger partial charge in [-0.2, -0.15) is 0 Å². The standard InChI is InChI=1S/C23H30BrNO3/c1-5-17(4)18-9-10-22(21(24)13-18)28-15-23(26)25-19-7-6-8-20(14-19)27-12-11-16(2)3/h6-10,13-14,16-17H,5,11-12,15H2,1-4H3,(H,25,26). The number of hydrogen-bond donors (Lipinski definition) is 1. The summed E-state index contributed by atoms with van der Waals surface area (Å²) in [5.74, 6) is 2.29. The first-order chi connectivity index (χ1) is 13.4. The molecule has 0 saturated heterocycles. The average molecular weight is 448 g/mol. The highest BCUT2D eigenvalue weighted by atomic mass is 79.9. The molecule has 2 rings (SSSR count). The third-order valence-corrected chi connectivity index (χ3v) is 5.20. The van der Waals surface area contributed by atoms with E-state index in [0.29, 0.717) is 29.9 Å². The molecule has 1 atom stereocenters. The Bertz CT molecular complexity index is 776. The zero-order valence-corrected chi connectivity index (χ0v) is 18.7. The summed E-state index contributed by atoms with van der Waals surface area (Å²) < 4.78 is 12.3. The number of nitrogens with one attached hydrogen (secondary N) is 1. The summed E-state index contributed by atoms with van der Waals surface area (Å²) in [6.45, 7) is 9.29. The van der Waals surface area contributed by atoms with Gasteiger partial charge in [0.15, 0.2) is 6.61 Å². The molecular formula is C23H30BrNO3. The van der Waals surface area contributed by atoms with Crippen molar-refractivity contribution in [1.29, 1.82) is 0 Å². The largest absolute Gasteiger partial charge is 0.494 e. The van der Waals surface area contributed by atoms with Crippen LogP contribution in [0.25, 0.3) is 0 Å². The van der Waals surface area contributed by atoms with Gasteiger partial charge in [0.05, 0.1) is 11.1 Å². The summed E-state index contributed by atoms with van der Waals surface area (Å²) >= 11 is 3.53. The maximum absolute atomic E-state index is 12.2. The zero-order chi connectivity index (χ0) is 20.5. The zero-order valence-electron chi connectivity index (χ0n) is 17.1. The number of halogens is 1. The summed E-state index contributed by atoms with van der Waals surface area (Å²) in [6.07, 6.45) is 2.07. The summed E-state index contributed by atoms with van der Waals surface area (Å²) in [5, 5.41) is 2.85. The fourth-order valence-electron chi connectivity index (χ4n) is 2.59. The molecule has 4 nitrogen and oxygen atoms in total. The topological polar surface area (TPSA) is 47.6 Å². The van der Waals surface area contributed by atoms with Gasteiger partial charge in [0.1, 0.15) is 11.5 Å². The van der Waals surface area contributed by atoms with Gasteiger partial charge in [0.25, 0.3) is 5.91 Å². The van der Waals surface area contributed by atoms with Crippen LogP contribution in [0.5, 0.6) is 11.5 Å². The second-order valence-corrected chi connectivity index (χ2v) is 8.25. The Kier molecular flexibility index (Phi) is 8.84. The second-order valence-electron chi connectivity index (χ2n) is 7.39. The minimum absolute atomic E-state index is 0.0558. The maximum atomic E-state index is 12.2. The van der Waals surface area contributed by atoms with Gasteiger partial charge in [-0.05, 0) is 70.4 Å². The minimum Gasteiger partial charge on any atom is -0.494 e. The Morgan fingerprint density at radius 2 is 1.89 bits per heavy atom. The van der Waals surface area contributed by atoms with Crippen LogP contribution in [0.2, 0.25) is 0 Å². The molecule has 1 amide bonds. The smallest absolute Gasteiger partial charge is 0.262 e. The Labute approximate surface area is 176 Å². The summed E-state index contributed by atoms with van der Waals surface area (Å²) in [5.41, 5.74) is 1.95. The van der Waals surface area contributed by atoms with Crippen molar-refractivity contribution in [2.45, 2.75) is 46.5 Å². The Morgan fingerprint density at radius 1 is 1.11 bits per heavy atom. The lowest BCUT2D eigenvalue weighted by Crippen LogP contribution is -2.20. The lowest BCUT2D eigenvalue weighted by atomic mass is 9.99. The molecule has 0 saturated carbocycles. The van der Waals surface area contributed by atoms with Crippen molar-refractivity contribution in [3.63, 3.8) is 0 Å². The predicted octanol–water partition coefficient (Wildman–Crippen LogP) is 6.41. The first-order valence-electron chi connectivity index (χ1n) is 9.84. The molecule has 2 aromatic carbocycles. The first-order valence-corrected chi connectivity index (χ1v) is 10.6. The van der Waals surface area contributed by atoms with E-state index >= 15 is 0 Å². The van der Waals surface area contributed by atoms with Crippen molar-refractivity contribution in [2.24, 2.45) is 5.92 Å². The van der Waals surface area contributed by atoms with Gasteiger partial charge in [-0.1, -0.05) is 39.8 Å². The molecule has 1 N–H and O–H groups in total. The number of carbonyl (C=O) groups is 1. The highest BCUT2D eigenvalue weighted by Gasteiger charge is 2.10. The van der Waals surface area contributed by atoms with Crippen LogP contribution in [0.4, 0.5) is 5.69 Å². The molecule has 152 valence electrons. The SMILES string of the molecule is CCC(C)c1ccc(OCC(=O)Nc2cccc(OCCC(C)C)c2)c(Br)c1. The van der Waals surface area contributed by atoms with Crippen molar-refractivity contribution in [3.05, 3.63) is 52.5 Å². The molecule has 0 bridgehead atoms. The Balaban J connectivity index is 1.87. The lowest BCUT2D eigenvalue weighted by molar-refractivity contribution is -0.118. The van der Waals surface area contributed by atoms with Crippen LogP contribution in [0, 0.1) is 5.92 Å². The minimum atomic E-state index is -0.211. The van der Waals surface area contributed by atoms with Crippen molar-refractivity contribution >= 4 is 27.5 Å². The van der Waals surface area contributed by atoms with Gasteiger partial charge in [0, 0.05) is 11.8 Å². The highest BCUT2D eigenvalue weighted by Crippen LogP contribution is 2.30. The van der Waals surface area contributed by atoms with Gasteiger partial charge in [-0.15, -0.1) is 0 Å². The van der Waals surface area contributed by atoms with Crippen LogP contribution >= 0.6 is 15.9 Å². The van der Waals surface area contributed by atoms with E-state index in [1.165, 1.54) is 5.56 Å². The molecule has 0 spiro atoms. The van der Waals surface area contributed by atoms with Gasteiger partial charge in [-0.25, -0.2) is 0 Å². The van der Waals surface area contributed by atoms with Gasteiger partial charge >= 0.3 is 0 Å². The Morgan fingerprint density at radius 3 is 2.57 bits per heavy atom. The van der Waals surface area contributed by atoms with Crippen LogP contribution in [-0.2, 0) is 4.79 Å². The fraction of sp³-hybridized carbons (Fsp3) is 0.435. The van der Waals surface area contributed by atoms with E-state index in [-0.39, 0.29) is 12.5 Å². The normalized spacial score (nSPS) is 11.9. The molecule has 0 fully saturated rings. The van der Waals surface area contributed by atoms with Crippen molar-refractivity contribution < 1.29 is 14.3 Å². The molecular weight excluding hydrogens is 418 g/mol. The number of hydrogen-bond acceptors (Lipinski definition) is 3. The van der Waals surface area contributed by atoms with E-state index < -0.39 is 0 Å². The lowest BCUT2D eigenvalue weighted by Gasteiger charge is -2.13. The molecule has 1 unspecified atom stereocenters. The summed E-state index contributed by atoms with van der Waals surface area (Å²) in [4.78, 5) is 12.2. The third kappa shape index (κ3) is 7.19.